The van der Waals surface area contributed by atoms with Crippen molar-refractivity contribution in [2.45, 2.75) is 12.1 Å². The van der Waals surface area contributed by atoms with E-state index in [2.05, 4.69) is 5.32 Å². The van der Waals surface area contributed by atoms with Crippen LogP contribution >= 0.6 is 11.6 Å². The minimum atomic E-state index is -0.890. The van der Waals surface area contributed by atoms with E-state index >= 15 is 0 Å². The van der Waals surface area contributed by atoms with Crippen LogP contribution in [0, 0.1) is 5.82 Å². The summed E-state index contributed by atoms with van der Waals surface area (Å²) in [5.74, 6) is -0.0805. The van der Waals surface area contributed by atoms with E-state index in [4.69, 9.17) is 21.4 Å². The van der Waals surface area contributed by atoms with E-state index in [0.717, 1.165) is 10.9 Å². The van der Waals surface area contributed by atoms with Gasteiger partial charge in [0, 0.05) is 22.1 Å². The molecule has 0 aliphatic carbocycles. The molecule has 6 rings (SSSR count). The van der Waals surface area contributed by atoms with E-state index in [1.165, 1.54) is 12.1 Å². The summed E-state index contributed by atoms with van der Waals surface area (Å²) in [6.07, 6.45) is -0.890. The Bertz CT molecular complexity index is 1630. The minimum absolute atomic E-state index is 0.0829. The lowest BCUT2D eigenvalue weighted by molar-refractivity contribution is 0.0502. The number of carbonyl (C=O) groups excluding carboxylic acids is 1. The zero-order valence-corrected chi connectivity index (χ0v) is 20.2. The smallest absolute Gasteiger partial charge is 0.251 e. The second-order valence-electron chi connectivity index (χ2n) is 8.82. The first-order valence-corrected chi connectivity index (χ1v) is 12.1. The topological polar surface area (TPSA) is 76.4 Å². The summed E-state index contributed by atoms with van der Waals surface area (Å²) in [5.41, 5.74) is 3.78. The van der Waals surface area contributed by atoms with E-state index in [1.54, 1.807) is 35.0 Å². The first-order chi connectivity index (χ1) is 18.0. The molecular formula is C29H21ClFN3O3. The molecule has 0 saturated heterocycles. The van der Waals surface area contributed by atoms with Gasteiger partial charge in [-0.1, -0.05) is 48.0 Å². The Balaban J connectivity index is 1.44. The molecule has 2 heterocycles. The number of ether oxygens (including phenoxy) is 1. The van der Waals surface area contributed by atoms with E-state index in [-0.39, 0.29) is 18.3 Å². The number of aliphatic hydroxyl groups is 1. The fourth-order valence-corrected chi connectivity index (χ4v) is 4.86. The number of amides is 1. The molecule has 37 heavy (non-hydrogen) atoms. The lowest BCUT2D eigenvalue weighted by Crippen LogP contribution is -2.41. The zero-order chi connectivity index (χ0) is 25.5. The van der Waals surface area contributed by atoms with E-state index in [9.17, 15) is 14.3 Å². The number of benzene rings is 4. The van der Waals surface area contributed by atoms with Crippen molar-refractivity contribution in [2.75, 3.05) is 6.61 Å². The van der Waals surface area contributed by atoms with Gasteiger partial charge in [-0.2, -0.15) is 5.10 Å². The summed E-state index contributed by atoms with van der Waals surface area (Å²) in [6.45, 7) is 0.0829. The van der Waals surface area contributed by atoms with Gasteiger partial charge in [0.05, 0.1) is 22.3 Å². The van der Waals surface area contributed by atoms with Gasteiger partial charge in [-0.25, -0.2) is 9.07 Å². The van der Waals surface area contributed by atoms with Gasteiger partial charge in [0.2, 0.25) is 0 Å². The van der Waals surface area contributed by atoms with Crippen molar-refractivity contribution in [3.63, 3.8) is 0 Å². The van der Waals surface area contributed by atoms with Crippen molar-refractivity contribution in [3.05, 3.63) is 113 Å². The largest absolute Gasteiger partial charge is 0.490 e. The van der Waals surface area contributed by atoms with Crippen LogP contribution in [0.25, 0.3) is 27.8 Å². The molecule has 0 saturated carbocycles. The van der Waals surface area contributed by atoms with Crippen LogP contribution in [0.1, 0.15) is 22.0 Å². The second-order valence-corrected chi connectivity index (χ2v) is 9.22. The third-order valence-corrected chi connectivity index (χ3v) is 6.81. The molecule has 0 fully saturated rings. The molecule has 6 nitrogen and oxygen atoms in total. The molecule has 1 aromatic heterocycles. The Hall–Kier alpha value is -4.20. The van der Waals surface area contributed by atoms with Gasteiger partial charge in [0.15, 0.2) is 0 Å². The highest BCUT2D eigenvalue weighted by Gasteiger charge is 2.31. The van der Waals surface area contributed by atoms with E-state index < -0.39 is 12.1 Å². The molecule has 4 aromatic carbocycles. The zero-order valence-electron chi connectivity index (χ0n) is 19.4. The molecule has 0 spiro atoms. The molecule has 1 amide bonds. The molecule has 2 unspecified atom stereocenters. The Morgan fingerprint density at radius 3 is 2.59 bits per heavy atom. The Kier molecular flexibility index (Phi) is 5.87. The summed E-state index contributed by atoms with van der Waals surface area (Å²) in [4.78, 5) is 13.4. The summed E-state index contributed by atoms with van der Waals surface area (Å²) in [7, 11) is 0. The number of nitrogens with one attached hydrogen (secondary N) is 1. The maximum atomic E-state index is 13.6. The molecule has 2 N–H and O–H groups in total. The van der Waals surface area contributed by atoms with Gasteiger partial charge in [0.25, 0.3) is 5.91 Å². The predicted octanol–water partition coefficient (Wildman–Crippen LogP) is 5.71. The van der Waals surface area contributed by atoms with E-state index in [1.807, 2.05) is 48.5 Å². The number of carbonyl (C=O) groups is 1. The quantitative estimate of drug-likeness (QED) is 0.323. The molecule has 8 heteroatoms. The standard InChI is InChI=1S/C29H21ClFN3O3/c30-23-7-3-1-5-20(23)27-21-14-9-17(15-24(21)34(33-27)19-12-10-18(31)11-13-19)29(36)32-28-22-6-2-4-8-26(22)37-16-25(28)35/h1-15,25,28,35H,16H2,(H,32,36). The second kappa shape index (κ2) is 9.35. The van der Waals surface area contributed by atoms with Gasteiger partial charge >= 0.3 is 0 Å². The predicted molar refractivity (Wildman–Crippen MR) is 140 cm³/mol. The summed E-state index contributed by atoms with van der Waals surface area (Å²) in [6, 6.07) is 25.3. The van der Waals surface area contributed by atoms with Crippen LogP contribution in [0.15, 0.2) is 91.0 Å². The highest BCUT2D eigenvalue weighted by Crippen LogP contribution is 2.35. The average Bonchev–Trinajstić information content (AvgIpc) is 3.29. The van der Waals surface area contributed by atoms with Gasteiger partial charge in [0.1, 0.15) is 30.0 Å². The van der Waals surface area contributed by atoms with E-state index in [0.29, 0.717) is 38.8 Å². The summed E-state index contributed by atoms with van der Waals surface area (Å²) in [5, 5.41) is 19.6. The molecule has 1 aliphatic heterocycles. The Morgan fingerprint density at radius 2 is 1.78 bits per heavy atom. The van der Waals surface area contributed by atoms with Crippen LogP contribution in [0.3, 0.4) is 0 Å². The average molecular weight is 514 g/mol. The maximum absolute atomic E-state index is 13.6. The molecule has 0 bridgehead atoms. The van der Waals surface area contributed by atoms with Crippen LogP contribution in [-0.2, 0) is 0 Å². The number of nitrogens with zero attached hydrogens (tertiary/aromatic N) is 2. The Labute approximate surface area is 216 Å². The van der Waals surface area contributed by atoms with Crippen LogP contribution in [0.2, 0.25) is 5.02 Å². The number of halogens is 2. The van der Waals surface area contributed by atoms with Crippen molar-refractivity contribution >= 4 is 28.4 Å². The lowest BCUT2D eigenvalue weighted by Gasteiger charge is -2.31. The maximum Gasteiger partial charge on any atom is 0.251 e. The fourth-order valence-electron chi connectivity index (χ4n) is 4.63. The van der Waals surface area contributed by atoms with Crippen LogP contribution in [0.5, 0.6) is 5.75 Å². The van der Waals surface area contributed by atoms with Crippen molar-refractivity contribution in [3.8, 4) is 22.7 Å². The first kappa shape index (κ1) is 23.2. The number of aromatic nitrogens is 2. The monoisotopic (exact) mass is 513 g/mol. The third-order valence-electron chi connectivity index (χ3n) is 6.48. The summed E-state index contributed by atoms with van der Waals surface area (Å²) < 4.78 is 20.9. The molecule has 5 aromatic rings. The number of fused-ring (bicyclic) bond motifs is 2. The highest BCUT2D eigenvalue weighted by atomic mass is 35.5. The number of hydrogen-bond acceptors (Lipinski definition) is 4. The molecular weight excluding hydrogens is 493 g/mol. The van der Waals surface area contributed by atoms with Crippen molar-refractivity contribution in [1.29, 1.82) is 0 Å². The Morgan fingerprint density at radius 1 is 1.03 bits per heavy atom. The molecule has 2 atom stereocenters. The number of para-hydroxylation sites is 1. The normalized spacial score (nSPS) is 16.7. The van der Waals surface area contributed by atoms with Crippen molar-refractivity contribution in [2.24, 2.45) is 0 Å². The van der Waals surface area contributed by atoms with Gasteiger partial charge in [-0.3, -0.25) is 4.79 Å². The number of rotatable bonds is 4. The van der Waals surface area contributed by atoms with Gasteiger partial charge in [-0.05, 0) is 54.6 Å². The first-order valence-electron chi connectivity index (χ1n) is 11.7. The highest BCUT2D eigenvalue weighted by molar-refractivity contribution is 6.33. The molecule has 1 aliphatic rings. The van der Waals surface area contributed by atoms with Crippen molar-refractivity contribution < 1.29 is 19.0 Å². The number of aliphatic hydroxyl groups excluding tert-OH is 1. The molecule has 184 valence electrons. The summed E-state index contributed by atoms with van der Waals surface area (Å²) >= 11 is 6.48. The van der Waals surface area contributed by atoms with Crippen molar-refractivity contribution in [1.82, 2.24) is 15.1 Å². The minimum Gasteiger partial charge on any atom is -0.490 e. The SMILES string of the molecule is O=C(NC1c2ccccc2OCC1O)c1ccc2c(-c3ccccc3Cl)nn(-c3ccc(F)cc3)c2c1. The van der Waals surface area contributed by atoms with Crippen LogP contribution in [0.4, 0.5) is 4.39 Å². The lowest BCUT2D eigenvalue weighted by atomic mass is 9.97. The fraction of sp³-hybridized carbons (Fsp3) is 0.103. The number of hydrogen-bond donors (Lipinski definition) is 2. The third kappa shape index (κ3) is 4.22. The van der Waals surface area contributed by atoms with Gasteiger partial charge in [-0.15, -0.1) is 0 Å². The molecule has 0 radical (unpaired) electrons. The van der Waals surface area contributed by atoms with Crippen LogP contribution in [-0.4, -0.2) is 33.5 Å². The van der Waals surface area contributed by atoms with Gasteiger partial charge < -0.3 is 15.2 Å². The van der Waals surface area contributed by atoms with Crippen LogP contribution < -0.4 is 10.1 Å².